The molecule has 0 bridgehead atoms. The predicted octanol–water partition coefficient (Wildman–Crippen LogP) is 3.63. The molecule has 4 rings (SSSR count). The van der Waals surface area contributed by atoms with Gasteiger partial charge in [-0.25, -0.2) is 0 Å². The molecule has 0 unspecified atom stereocenters. The van der Waals surface area contributed by atoms with E-state index in [1.807, 2.05) is 0 Å². The third-order valence-corrected chi connectivity index (χ3v) is 4.31. The molecule has 0 saturated heterocycles. The van der Waals surface area contributed by atoms with Crippen LogP contribution in [-0.4, -0.2) is 5.97 Å². The highest BCUT2D eigenvalue weighted by molar-refractivity contribution is 6.31. The van der Waals surface area contributed by atoms with Gasteiger partial charge in [-0.1, -0.05) is 48.0 Å². The summed E-state index contributed by atoms with van der Waals surface area (Å²) in [6, 6.07) is 16.4. The van der Waals surface area contributed by atoms with Crippen molar-refractivity contribution in [2.45, 2.75) is 0 Å². The highest BCUT2D eigenvalue weighted by atomic mass is 35.5. The zero-order valence-electron chi connectivity index (χ0n) is 12.8. The summed E-state index contributed by atoms with van der Waals surface area (Å²) in [4.78, 5) is 23.9. The molecule has 0 radical (unpaired) electrons. The Morgan fingerprint density at radius 2 is 1.76 bits per heavy atom. The average Bonchev–Trinajstić information content (AvgIpc) is 2.61. The Morgan fingerprint density at radius 1 is 1.00 bits per heavy atom. The second kappa shape index (κ2) is 5.76. The number of benzene rings is 3. The number of fused-ring (bicyclic) bond motifs is 2. The van der Waals surface area contributed by atoms with Crippen LogP contribution in [0.2, 0.25) is 5.02 Å². The molecule has 0 amide bonds. The van der Waals surface area contributed by atoms with E-state index in [2.05, 4.69) is 0 Å². The zero-order chi connectivity index (χ0) is 17.6. The maximum atomic E-state index is 12.4. The third kappa shape index (κ3) is 2.57. The molecule has 0 atom stereocenters. The fourth-order valence-corrected chi connectivity index (χ4v) is 3.15. The molecule has 1 heterocycles. The minimum atomic E-state index is -1.28. The Bertz CT molecular complexity index is 1200. The van der Waals surface area contributed by atoms with Crippen molar-refractivity contribution in [2.75, 3.05) is 0 Å². The number of carbonyl (C=O) groups is 1. The zero-order valence-corrected chi connectivity index (χ0v) is 13.5. The van der Waals surface area contributed by atoms with E-state index < -0.39 is 5.97 Å². The fraction of sp³-hybridized carbons (Fsp3) is 0. The standard InChI is InChI=1S/C20H11ClO4/c21-12-7-8-17-15(9-12)16(22)10-18(25-17)13-5-1-3-11-4-2-6-14(19(11)13)20(23)24/h1-10H,(H,23,24)/p-1. The van der Waals surface area contributed by atoms with E-state index in [0.29, 0.717) is 32.7 Å². The minimum Gasteiger partial charge on any atom is -0.545 e. The van der Waals surface area contributed by atoms with Gasteiger partial charge in [-0.2, -0.15) is 0 Å². The second-order valence-electron chi connectivity index (χ2n) is 5.61. The Kier molecular flexibility index (Phi) is 3.55. The van der Waals surface area contributed by atoms with Crippen molar-refractivity contribution in [3.63, 3.8) is 0 Å². The Hall–Kier alpha value is -3.11. The SMILES string of the molecule is O=C([O-])c1cccc2cccc(-c3cc(=O)c4cc(Cl)ccc4o3)c12. The molecule has 0 saturated carbocycles. The van der Waals surface area contributed by atoms with E-state index in [1.165, 1.54) is 12.1 Å². The highest BCUT2D eigenvalue weighted by Crippen LogP contribution is 2.32. The first-order valence-electron chi connectivity index (χ1n) is 7.51. The molecule has 5 heteroatoms. The summed E-state index contributed by atoms with van der Waals surface area (Å²) >= 11 is 5.93. The summed E-state index contributed by atoms with van der Waals surface area (Å²) in [7, 11) is 0. The van der Waals surface area contributed by atoms with Gasteiger partial charge in [0.1, 0.15) is 11.3 Å². The number of carboxylic acids is 1. The molecular formula is C20H10ClO4-. The van der Waals surface area contributed by atoms with Gasteiger partial charge in [0.05, 0.1) is 11.4 Å². The number of rotatable bonds is 2. The van der Waals surface area contributed by atoms with Crippen molar-refractivity contribution in [1.82, 2.24) is 0 Å². The molecule has 0 aliphatic carbocycles. The average molecular weight is 350 g/mol. The number of halogens is 1. The summed E-state index contributed by atoms with van der Waals surface area (Å²) in [6.45, 7) is 0. The normalized spacial score (nSPS) is 11.1. The van der Waals surface area contributed by atoms with E-state index in [-0.39, 0.29) is 11.0 Å². The van der Waals surface area contributed by atoms with Crippen molar-refractivity contribution < 1.29 is 14.3 Å². The monoisotopic (exact) mass is 349 g/mol. The fourth-order valence-electron chi connectivity index (χ4n) is 2.98. The second-order valence-corrected chi connectivity index (χ2v) is 6.05. The summed E-state index contributed by atoms with van der Waals surface area (Å²) in [6.07, 6.45) is 0. The van der Waals surface area contributed by atoms with Gasteiger partial charge in [-0.3, -0.25) is 4.79 Å². The van der Waals surface area contributed by atoms with Gasteiger partial charge in [0, 0.05) is 27.6 Å². The lowest BCUT2D eigenvalue weighted by atomic mass is 9.97. The van der Waals surface area contributed by atoms with Crippen LogP contribution in [0.4, 0.5) is 0 Å². The lowest BCUT2D eigenvalue weighted by molar-refractivity contribution is -0.254. The number of carboxylic acid groups (broad SMARTS) is 1. The molecule has 0 spiro atoms. The summed E-state index contributed by atoms with van der Waals surface area (Å²) in [5.74, 6) is -0.993. The van der Waals surface area contributed by atoms with Gasteiger partial charge in [0.2, 0.25) is 0 Å². The lowest BCUT2D eigenvalue weighted by Crippen LogP contribution is -2.22. The number of hydrogen-bond acceptors (Lipinski definition) is 4. The Balaban J connectivity index is 2.09. The minimum absolute atomic E-state index is 0.0481. The van der Waals surface area contributed by atoms with E-state index in [4.69, 9.17) is 16.0 Å². The molecule has 4 nitrogen and oxygen atoms in total. The van der Waals surface area contributed by atoms with Crippen molar-refractivity contribution in [3.05, 3.63) is 81.5 Å². The first-order chi connectivity index (χ1) is 12.0. The van der Waals surface area contributed by atoms with E-state index in [0.717, 1.165) is 5.39 Å². The topological polar surface area (TPSA) is 70.3 Å². The molecule has 122 valence electrons. The molecule has 4 aromatic rings. The molecule has 3 aromatic carbocycles. The van der Waals surface area contributed by atoms with Crippen LogP contribution in [-0.2, 0) is 0 Å². The molecule has 1 aromatic heterocycles. The van der Waals surface area contributed by atoms with Gasteiger partial charge in [0.25, 0.3) is 0 Å². The summed E-state index contributed by atoms with van der Waals surface area (Å²) < 4.78 is 5.85. The van der Waals surface area contributed by atoms with E-state index in [1.54, 1.807) is 48.5 Å². The van der Waals surface area contributed by atoms with Crippen LogP contribution in [0.3, 0.4) is 0 Å². The lowest BCUT2D eigenvalue weighted by Gasteiger charge is -2.12. The third-order valence-electron chi connectivity index (χ3n) is 4.08. The number of aromatic carboxylic acids is 1. The van der Waals surface area contributed by atoms with Crippen molar-refractivity contribution in [3.8, 4) is 11.3 Å². The van der Waals surface area contributed by atoms with Gasteiger partial charge in [-0.05, 0) is 23.6 Å². The van der Waals surface area contributed by atoms with E-state index in [9.17, 15) is 14.7 Å². The molecule has 0 aliphatic rings. The highest BCUT2D eigenvalue weighted by Gasteiger charge is 2.13. The molecular weight excluding hydrogens is 340 g/mol. The molecule has 0 N–H and O–H groups in total. The Labute approximate surface area is 146 Å². The smallest absolute Gasteiger partial charge is 0.193 e. The predicted molar refractivity (Wildman–Crippen MR) is 94.8 cm³/mol. The van der Waals surface area contributed by atoms with Crippen LogP contribution < -0.4 is 10.5 Å². The molecule has 0 aliphatic heterocycles. The van der Waals surface area contributed by atoms with Gasteiger partial charge in [0.15, 0.2) is 5.43 Å². The molecule has 25 heavy (non-hydrogen) atoms. The van der Waals surface area contributed by atoms with Gasteiger partial charge in [-0.15, -0.1) is 0 Å². The van der Waals surface area contributed by atoms with Crippen LogP contribution in [0.1, 0.15) is 10.4 Å². The van der Waals surface area contributed by atoms with Crippen LogP contribution in [0.15, 0.2) is 69.9 Å². The van der Waals surface area contributed by atoms with Gasteiger partial charge >= 0.3 is 0 Å². The Morgan fingerprint density at radius 3 is 2.52 bits per heavy atom. The number of hydrogen-bond donors (Lipinski definition) is 0. The van der Waals surface area contributed by atoms with Crippen LogP contribution >= 0.6 is 11.6 Å². The van der Waals surface area contributed by atoms with Crippen LogP contribution in [0.25, 0.3) is 33.1 Å². The summed E-state index contributed by atoms with van der Waals surface area (Å²) in [5.41, 5.74) is 0.703. The first kappa shape index (κ1) is 15.4. The number of carbonyl (C=O) groups excluding carboxylic acids is 1. The van der Waals surface area contributed by atoms with Crippen molar-refractivity contribution in [2.24, 2.45) is 0 Å². The van der Waals surface area contributed by atoms with Crippen LogP contribution in [0, 0.1) is 0 Å². The molecule has 0 fully saturated rings. The van der Waals surface area contributed by atoms with E-state index >= 15 is 0 Å². The van der Waals surface area contributed by atoms with Crippen LogP contribution in [0.5, 0.6) is 0 Å². The van der Waals surface area contributed by atoms with Crippen molar-refractivity contribution in [1.29, 1.82) is 0 Å². The van der Waals surface area contributed by atoms with Gasteiger partial charge < -0.3 is 14.3 Å². The maximum Gasteiger partial charge on any atom is 0.193 e. The maximum absolute atomic E-state index is 12.4. The quantitative estimate of drug-likeness (QED) is 0.554. The largest absolute Gasteiger partial charge is 0.545 e. The summed E-state index contributed by atoms with van der Waals surface area (Å²) in [5, 5.41) is 13.5. The first-order valence-corrected chi connectivity index (χ1v) is 7.89. The van der Waals surface area contributed by atoms with Crippen molar-refractivity contribution >= 4 is 39.3 Å².